The number of carboxylic acid groups (broad SMARTS) is 1. The molecule has 0 unspecified atom stereocenters. The van der Waals surface area contributed by atoms with Gasteiger partial charge < -0.3 is 5.11 Å². The zero-order chi connectivity index (χ0) is 15.6. The molecule has 0 atom stereocenters. The molecule has 9 heteroatoms. The average Bonchev–Trinajstić information content (AvgIpc) is 2.41. The Kier molecular flexibility index (Phi) is 4.50. The van der Waals surface area contributed by atoms with Gasteiger partial charge in [0, 0.05) is 10.7 Å². The number of aromatic nitrogens is 1. The monoisotopic (exact) mass is 390 g/mol. The van der Waals surface area contributed by atoms with E-state index in [4.69, 9.17) is 16.7 Å². The van der Waals surface area contributed by atoms with Crippen LogP contribution < -0.4 is 4.72 Å². The van der Waals surface area contributed by atoms with Gasteiger partial charge in [0.15, 0.2) is 5.15 Å². The maximum Gasteiger partial charge on any atom is 0.335 e. The minimum Gasteiger partial charge on any atom is -0.478 e. The van der Waals surface area contributed by atoms with Gasteiger partial charge in [-0.2, -0.15) is 0 Å². The number of benzene rings is 1. The minimum absolute atomic E-state index is 0.00779. The van der Waals surface area contributed by atoms with E-state index in [1.54, 1.807) is 0 Å². The predicted octanol–water partition coefficient (Wildman–Crippen LogP) is 3.00. The highest BCUT2D eigenvalue weighted by atomic mass is 79.9. The Labute approximate surface area is 134 Å². The van der Waals surface area contributed by atoms with E-state index in [2.05, 4.69) is 25.6 Å². The van der Waals surface area contributed by atoms with Crippen molar-refractivity contribution < 1.29 is 18.3 Å². The summed E-state index contributed by atoms with van der Waals surface area (Å²) in [6.07, 6.45) is 1.42. The second-order valence-corrected chi connectivity index (χ2v) is 6.76. The van der Waals surface area contributed by atoms with E-state index < -0.39 is 16.0 Å². The molecule has 0 amide bonds. The number of halogens is 2. The molecule has 1 aromatic carbocycles. The summed E-state index contributed by atoms with van der Waals surface area (Å²) in [6.45, 7) is 0. The number of carbonyl (C=O) groups is 1. The van der Waals surface area contributed by atoms with E-state index in [0.717, 1.165) is 6.07 Å². The summed E-state index contributed by atoms with van der Waals surface area (Å²) < 4.78 is 27.2. The molecule has 2 N–H and O–H groups in total. The highest BCUT2D eigenvalue weighted by Gasteiger charge is 2.21. The SMILES string of the molecule is O=C(O)c1ccc(Br)c(S(=O)(=O)Nc2cccnc2Cl)c1. The number of sulfonamides is 1. The fourth-order valence-corrected chi connectivity index (χ4v) is 3.78. The molecule has 21 heavy (non-hydrogen) atoms. The van der Waals surface area contributed by atoms with Gasteiger partial charge in [-0.05, 0) is 46.3 Å². The van der Waals surface area contributed by atoms with Crippen LogP contribution in [0.1, 0.15) is 10.4 Å². The third-order valence-electron chi connectivity index (χ3n) is 2.47. The Bertz CT molecular complexity index is 811. The van der Waals surface area contributed by atoms with Crippen LogP contribution in [0.4, 0.5) is 5.69 Å². The van der Waals surface area contributed by atoms with Crippen LogP contribution >= 0.6 is 27.5 Å². The summed E-state index contributed by atoms with van der Waals surface area (Å²) in [7, 11) is -4.01. The van der Waals surface area contributed by atoms with Crippen LogP contribution in [-0.2, 0) is 10.0 Å². The maximum atomic E-state index is 12.3. The van der Waals surface area contributed by atoms with E-state index in [1.807, 2.05) is 0 Å². The normalized spacial score (nSPS) is 11.1. The molecule has 0 aliphatic rings. The highest BCUT2D eigenvalue weighted by Crippen LogP contribution is 2.27. The van der Waals surface area contributed by atoms with Crippen molar-refractivity contribution in [1.82, 2.24) is 4.98 Å². The summed E-state index contributed by atoms with van der Waals surface area (Å²) in [4.78, 5) is 14.5. The first kappa shape index (κ1) is 15.7. The number of hydrogen-bond donors (Lipinski definition) is 2. The van der Waals surface area contributed by atoms with Crippen molar-refractivity contribution in [2.75, 3.05) is 4.72 Å². The summed E-state index contributed by atoms with van der Waals surface area (Å²) in [5, 5.41) is 8.93. The molecule has 0 aliphatic carbocycles. The Morgan fingerprint density at radius 2 is 2.05 bits per heavy atom. The number of anilines is 1. The quantitative estimate of drug-likeness (QED) is 0.781. The Balaban J connectivity index is 2.47. The molecule has 110 valence electrons. The van der Waals surface area contributed by atoms with Gasteiger partial charge in [-0.1, -0.05) is 11.6 Å². The number of nitrogens with zero attached hydrogens (tertiary/aromatic N) is 1. The van der Waals surface area contributed by atoms with Gasteiger partial charge >= 0.3 is 5.97 Å². The minimum atomic E-state index is -4.01. The van der Waals surface area contributed by atoms with E-state index in [-0.39, 0.29) is 25.8 Å². The molecule has 6 nitrogen and oxygen atoms in total. The first-order chi connectivity index (χ1) is 9.81. The lowest BCUT2D eigenvalue weighted by atomic mass is 10.2. The average molecular weight is 392 g/mol. The Morgan fingerprint density at radius 1 is 1.33 bits per heavy atom. The molecule has 0 fully saturated rings. The first-order valence-electron chi connectivity index (χ1n) is 5.47. The third kappa shape index (κ3) is 3.52. The molecule has 2 rings (SSSR count). The summed E-state index contributed by atoms with van der Waals surface area (Å²) in [5.74, 6) is -1.22. The molecule has 0 saturated carbocycles. The third-order valence-corrected chi connectivity index (χ3v) is 5.13. The molecule has 1 aromatic heterocycles. The standard InChI is InChI=1S/C12H8BrClN2O4S/c13-8-4-3-7(12(17)18)6-10(8)21(19,20)16-9-2-1-5-15-11(9)14/h1-6,16H,(H,17,18). The van der Waals surface area contributed by atoms with Crippen molar-refractivity contribution in [3.63, 3.8) is 0 Å². The van der Waals surface area contributed by atoms with Crippen LogP contribution in [0.25, 0.3) is 0 Å². The molecule has 0 radical (unpaired) electrons. The zero-order valence-corrected chi connectivity index (χ0v) is 13.4. The number of pyridine rings is 1. The largest absolute Gasteiger partial charge is 0.478 e. The summed E-state index contributed by atoms with van der Waals surface area (Å²) in [5.41, 5.74) is -0.0392. The molecule has 2 aromatic rings. The number of carboxylic acids is 1. The van der Waals surface area contributed by atoms with Crippen molar-refractivity contribution >= 4 is 49.2 Å². The Morgan fingerprint density at radius 3 is 2.67 bits per heavy atom. The summed E-state index contributed by atoms with van der Waals surface area (Å²) in [6, 6.07) is 6.67. The van der Waals surface area contributed by atoms with Crippen LogP contribution in [0.15, 0.2) is 45.9 Å². The molecule has 1 heterocycles. The van der Waals surface area contributed by atoms with Crippen LogP contribution in [0, 0.1) is 0 Å². The van der Waals surface area contributed by atoms with Gasteiger partial charge in [0.25, 0.3) is 10.0 Å². The van der Waals surface area contributed by atoms with Gasteiger partial charge in [-0.3, -0.25) is 4.72 Å². The van der Waals surface area contributed by atoms with Crippen LogP contribution in [0.5, 0.6) is 0 Å². The summed E-state index contributed by atoms with van der Waals surface area (Å²) >= 11 is 8.88. The van der Waals surface area contributed by atoms with Gasteiger partial charge in [0.05, 0.1) is 11.3 Å². The maximum absolute atomic E-state index is 12.3. The van der Waals surface area contributed by atoms with E-state index in [1.165, 1.54) is 30.5 Å². The Hall–Kier alpha value is -1.64. The number of hydrogen-bond acceptors (Lipinski definition) is 4. The lowest BCUT2D eigenvalue weighted by Gasteiger charge is -2.11. The van der Waals surface area contributed by atoms with Crippen molar-refractivity contribution in [2.24, 2.45) is 0 Å². The van der Waals surface area contributed by atoms with Crippen molar-refractivity contribution in [1.29, 1.82) is 0 Å². The zero-order valence-electron chi connectivity index (χ0n) is 10.2. The fraction of sp³-hybridized carbons (Fsp3) is 0. The molecular weight excluding hydrogens is 384 g/mol. The second kappa shape index (κ2) is 6.00. The van der Waals surface area contributed by atoms with Crippen LogP contribution in [0.3, 0.4) is 0 Å². The van der Waals surface area contributed by atoms with E-state index >= 15 is 0 Å². The molecule has 0 spiro atoms. The molecular formula is C12H8BrClN2O4S. The van der Waals surface area contributed by atoms with Crippen molar-refractivity contribution in [3.8, 4) is 0 Å². The van der Waals surface area contributed by atoms with Crippen LogP contribution in [0.2, 0.25) is 5.15 Å². The van der Waals surface area contributed by atoms with Crippen molar-refractivity contribution in [2.45, 2.75) is 4.90 Å². The molecule has 0 saturated heterocycles. The molecule has 0 aliphatic heterocycles. The number of rotatable bonds is 4. The second-order valence-electron chi connectivity index (χ2n) is 3.90. The van der Waals surface area contributed by atoms with Gasteiger partial charge in [-0.15, -0.1) is 0 Å². The molecule has 0 bridgehead atoms. The van der Waals surface area contributed by atoms with Gasteiger partial charge in [0.2, 0.25) is 0 Å². The topological polar surface area (TPSA) is 96.4 Å². The van der Waals surface area contributed by atoms with Gasteiger partial charge in [-0.25, -0.2) is 18.2 Å². The predicted molar refractivity (Wildman–Crippen MR) is 81.2 cm³/mol. The van der Waals surface area contributed by atoms with E-state index in [9.17, 15) is 13.2 Å². The van der Waals surface area contributed by atoms with E-state index in [0.29, 0.717) is 0 Å². The van der Waals surface area contributed by atoms with Gasteiger partial charge in [0.1, 0.15) is 4.90 Å². The lowest BCUT2D eigenvalue weighted by Crippen LogP contribution is -2.15. The number of nitrogens with one attached hydrogen (secondary N) is 1. The fourth-order valence-electron chi connectivity index (χ4n) is 1.50. The lowest BCUT2D eigenvalue weighted by molar-refractivity contribution is 0.0696. The smallest absolute Gasteiger partial charge is 0.335 e. The van der Waals surface area contributed by atoms with Crippen LogP contribution in [-0.4, -0.2) is 24.5 Å². The highest BCUT2D eigenvalue weighted by molar-refractivity contribution is 9.10. The first-order valence-corrected chi connectivity index (χ1v) is 8.13. The number of aromatic carboxylic acids is 1. The van der Waals surface area contributed by atoms with Crippen molar-refractivity contribution in [3.05, 3.63) is 51.7 Å².